The number of piperidine rings is 1. The van der Waals surface area contributed by atoms with Crippen molar-refractivity contribution in [3.05, 3.63) is 58.0 Å². The Hall–Kier alpha value is -1.72. The average molecular weight is 403 g/mol. The maximum absolute atomic E-state index is 14.4. The quantitative estimate of drug-likeness (QED) is 0.655. The summed E-state index contributed by atoms with van der Waals surface area (Å²) < 4.78 is 14.4. The first-order valence-electron chi connectivity index (χ1n) is 10.2. The summed E-state index contributed by atoms with van der Waals surface area (Å²) in [6, 6.07) is 10.7. The Morgan fingerprint density at radius 2 is 1.93 bits per heavy atom. The van der Waals surface area contributed by atoms with Gasteiger partial charge in [-0.15, -0.1) is 11.3 Å². The highest BCUT2D eigenvalue weighted by atomic mass is 32.1. The number of likely N-dealkylation sites (tertiary alicyclic amines) is 1. The highest BCUT2D eigenvalue weighted by molar-refractivity contribution is 7.12. The number of hydrogen-bond donors (Lipinski definition) is 0. The number of rotatable bonds is 7. The molecule has 0 aliphatic carbocycles. The predicted molar refractivity (Wildman–Crippen MR) is 114 cm³/mol. The first-order valence-corrected chi connectivity index (χ1v) is 11.1. The van der Waals surface area contributed by atoms with Crippen LogP contribution in [0.5, 0.6) is 0 Å². The highest BCUT2D eigenvalue weighted by Crippen LogP contribution is 2.28. The highest BCUT2D eigenvalue weighted by Gasteiger charge is 2.32. The fourth-order valence-electron chi connectivity index (χ4n) is 4.27. The van der Waals surface area contributed by atoms with Crippen molar-refractivity contribution in [2.24, 2.45) is 11.8 Å². The van der Waals surface area contributed by atoms with E-state index in [0.29, 0.717) is 23.8 Å². The molecule has 2 heterocycles. The first-order chi connectivity index (χ1) is 13.5. The average Bonchev–Trinajstić information content (AvgIpc) is 3.21. The molecule has 0 spiro atoms. The van der Waals surface area contributed by atoms with Crippen LogP contribution in [0, 0.1) is 17.7 Å². The Labute approximate surface area is 172 Å². The van der Waals surface area contributed by atoms with Gasteiger partial charge in [0.2, 0.25) is 0 Å². The Balaban J connectivity index is 1.77. The fraction of sp³-hybridized carbons (Fsp3) is 0.522. The van der Waals surface area contributed by atoms with E-state index < -0.39 is 0 Å². The number of carbonyl (C=O) groups excluding carboxylic acids is 1. The molecule has 2 aromatic rings. The van der Waals surface area contributed by atoms with Gasteiger partial charge in [0.1, 0.15) is 5.82 Å². The largest absolute Gasteiger partial charge is 0.337 e. The molecule has 5 heteroatoms. The van der Waals surface area contributed by atoms with Crippen molar-refractivity contribution in [2.75, 3.05) is 26.7 Å². The van der Waals surface area contributed by atoms with Gasteiger partial charge in [-0.05, 0) is 67.3 Å². The van der Waals surface area contributed by atoms with Gasteiger partial charge in [-0.25, -0.2) is 4.39 Å². The Kier molecular flexibility index (Phi) is 7.24. The molecule has 0 bridgehead atoms. The molecule has 1 fully saturated rings. The SMILES string of the molecule is CC(C)CN1CCC([C@@H](Cc2ccccc2F)N(C)C(=O)c2cccs2)CC1. The summed E-state index contributed by atoms with van der Waals surface area (Å²) in [6.07, 6.45) is 2.66. The van der Waals surface area contributed by atoms with E-state index in [2.05, 4.69) is 18.7 Å². The summed E-state index contributed by atoms with van der Waals surface area (Å²) in [6.45, 7) is 7.73. The zero-order valence-electron chi connectivity index (χ0n) is 17.1. The molecule has 1 saturated heterocycles. The van der Waals surface area contributed by atoms with Crippen LogP contribution in [0.3, 0.4) is 0 Å². The molecule has 152 valence electrons. The number of amides is 1. The lowest BCUT2D eigenvalue weighted by Crippen LogP contribution is -2.47. The van der Waals surface area contributed by atoms with Gasteiger partial charge >= 0.3 is 0 Å². The normalized spacial score (nSPS) is 17.0. The van der Waals surface area contributed by atoms with Gasteiger partial charge in [-0.2, -0.15) is 0 Å². The lowest BCUT2D eigenvalue weighted by molar-refractivity contribution is 0.0585. The monoisotopic (exact) mass is 402 g/mol. The van der Waals surface area contributed by atoms with Gasteiger partial charge < -0.3 is 9.80 Å². The smallest absolute Gasteiger partial charge is 0.263 e. The van der Waals surface area contributed by atoms with Crippen LogP contribution in [-0.2, 0) is 6.42 Å². The van der Waals surface area contributed by atoms with E-state index in [1.807, 2.05) is 41.6 Å². The minimum Gasteiger partial charge on any atom is -0.337 e. The lowest BCUT2D eigenvalue weighted by atomic mass is 9.84. The summed E-state index contributed by atoms with van der Waals surface area (Å²) in [5.74, 6) is 0.911. The van der Waals surface area contributed by atoms with Gasteiger partial charge in [0.25, 0.3) is 5.91 Å². The molecule has 1 aromatic heterocycles. The molecular weight excluding hydrogens is 371 g/mol. The summed E-state index contributed by atoms with van der Waals surface area (Å²) in [4.78, 5) is 18.1. The van der Waals surface area contributed by atoms with Crippen molar-refractivity contribution < 1.29 is 9.18 Å². The van der Waals surface area contributed by atoms with Crippen molar-refractivity contribution in [2.45, 2.75) is 39.2 Å². The molecule has 1 aliphatic rings. The predicted octanol–water partition coefficient (Wildman–Crippen LogP) is 4.94. The molecule has 1 aromatic carbocycles. The van der Waals surface area contributed by atoms with Crippen LogP contribution in [0.2, 0.25) is 0 Å². The van der Waals surface area contributed by atoms with Gasteiger partial charge in [0.05, 0.1) is 4.88 Å². The number of nitrogens with zero attached hydrogens (tertiary/aromatic N) is 2. The molecule has 0 saturated carbocycles. The number of halogens is 1. The van der Waals surface area contributed by atoms with Crippen LogP contribution >= 0.6 is 11.3 Å². The van der Waals surface area contributed by atoms with Gasteiger partial charge in [0.15, 0.2) is 0 Å². The summed E-state index contributed by atoms with van der Waals surface area (Å²) in [5, 5.41) is 1.93. The minimum absolute atomic E-state index is 0.00713. The van der Waals surface area contributed by atoms with E-state index >= 15 is 0 Å². The van der Waals surface area contributed by atoms with E-state index in [9.17, 15) is 9.18 Å². The summed E-state index contributed by atoms with van der Waals surface area (Å²) in [5.41, 5.74) is 0.697. The van der Waals surface area contributed by atoms with E-state index in [-0.39, 0.29) is 17.8 Å². The topological polar surface area (TPSA) is 23.6 Å². The van der Waals surface area contributed by atoms with E-state index in [4.69, 9.17) is 0 Å². The molecule has 0 N–H and O–H groups in total. The molecule has 1 amide bonds. The summed E-state index contributed by atoms with van der Waals surface area (Å²) in [7, 11) is 1.88. The second-order valence-corrected chi connectivity index (χ2v) is 9.24. The zero-order valence-corrected chi connectivity index (χ0v) is 17.9. The number of benzene rings is 1. The minimum atomic E-state index is -0.179. The zero-order chi connectivity index (χ0) is 20.1. The number of carbonyl (C=O) groups is 1. The first kappa shape index (κ1) is 21.0. The lowest BCUT2D eigenvalue weighted by Gasteiger charge is -2.40. The number of hydrogen-bond acceptors (Lipinski definition) is 3. The molecule has 3 rings (SSSR count). The second kappa shape index (κ2) is 9.66. The number of likely N-dealkylation sites (N-methyl/N-ethyl adjacent to an activating group) is 1. The number of thiophene rings is 1. The second-order valence-electron chi connectivity index (χ2n) is 8.29. The van der Waals surface area contributed by atoms with Crippen molar-refractivity contribution in [1.29, 1.82) is 0 Å². The van der Waals surface area contributed by atoms with Gasteiger partial charge in [0, 0.05) is 19.6 Å². The Morgan fingerprint density at radius 3 is 2.54 bits per heavy atom. The standard InChI is InChI=1S/C23H31FN2OS/c1-17(2)16-26-12-10-18(11-13-26)21(15-19-7-4-5-8-20(19)24)25(3)23(27)22-9-6-14-28-22/h4-9,14,17-18,21H,10-13,15-16H2,1-3H3/t21-/m1/s1. The van der Waals surface area contributed by atoms with E-state index in [0.717, 1.165) is 37.4 Å². The van der Waals surface area contributed by atoms with Gasteiger partial charge in [-0.3, -0.25) is 4.79 Å². The molecule has 3 nitrogen and oxygen atoms in total. The molecular formula is C23H31FN2OS. The molecule has 1 aliphatic heterocycles. The van der Waals surface area contributed by atoms with Crippen molar-refractivity contribution in [1.82, 2.24) is 9.80 Å². The Bertz CT molecular complexity index is 754. The van der Waals surface area contributed by atoms with Crippen molar-refractivity contribution in [3.8, 4) is 0 Å². The van der Waals surface area contributed by atoms with Crippen LogP contribution < -0.4 is 0 Å². The van der Waals surface area contributed by atoms with Crippen LogP contribution in [0.25, 0.3) is 0 Å². The van der Waals surface area contributed by atoms with Crippen LogP contribution in [-0.4, -0.2) is 48.4 Å². The molecule has 1 atom stereocenters. The summed E-state index contributed by atoms with van der Waals surface area (Å²) >= 11 is 1.47. The van der Waals surface area contributed by atoms with E-state index in [1.165, 1.54) is 17.4 Å². The maximum Gasteiger partial charge on any atom is 0.263 e. The third-order valence-electron chi connectivity index (χ3n) is 5.74. The maximum atomic E-state index is 14.4. The van der Waals surface area contributed by atoms with Crippen LogP contribution in [0.1, 0.15) is 41.9 Å². The third-order valence-corrected chi connectivity index (χ3v) is 6.59. The molecule has 0 radical (unpaired) electrons. The van der Waals surface area contributed by atoms with E-state index in [1.54, 1.807) is 6.07 Å². The fourth-order valence-corrected chi connectivity index (χ4v) is 4.98. The molecule has 0 unspecified atom stereocenters. The Morgan fingerprint density at radius 1 is 1.21 bits per heavy atom. The van der Waals surface area contributed by atoms with Gasteiger partial charge in [-0.1, -0.05) is 38.1 Å². The van der Waals surface area contributed by atoms with Crippen molar-refractivity contribution >= 4 is 17.2 Å². The van der Waals surface area contributed by atoms with Crippen LogP contribution in [0.4, 0.5) is 4.39 Å². The van der Waals surface area contributed by atoms with Crippen molar-refractivity contribution in [3.63, 3.8) is 0 Å². The molecule has 28 heavy (non-hydrogen) atoms. The third kappa shape index (κ3) is 5.21. The van der Waals surface area contributed by atoms with Crippen LogP contribution in [0.15, 0.2) is 41.8 Å².